The number of benzene rings is 1. The molecule has 0 unspecified atom stereocenters. The van der Waals surface area contributed by atoms with Gasteiger partial charge in [-0.05, 0) is 12.1 Å². The van der Waals surface area contributed by atoms with E-state index < -0.39 is 11.6 Å². The number of aromatic nitrogens is 1. The zero-order chi connectivity index (χ0) is 12.6. The number of halogens is 2. The Morgan fingerprint density at radius 2 is 2.00 bits per heavy atom. The average Bonchev–Trinajstić information content (AvgIpc) is 2.68. The van der Waals surface area contributed by atoms with E-state index in [1.165, 1.54) is 17.0 Å². The van der Waals surface area contributed by atoms with Crippen LogP contribution in [0.25, 0.3) is 11.3 Å². The summed E-state index contributed by atoms with van der Waals surface area (Å²) in [6, 6.07) is 3.92. The first-order chi connectivity index (χ1) is 8.00. The van der Waals surface area contributed by atoms with E-state index in [0.717, 1.165) is 6.07 Å². The largest absolute Gasteiger partial charge is 0.381 e. The highest BCUT2D eigenvalue weighted by Crippen LogP contribution is 2.34. The van der Waals surface area contributed by atoms with E-state index in [4.69, 9.17) is 10.3 Å². The Labute approximate surface area is 96.6 Å². The highest BCUT2D eigenvalue weighted by Gasteiger charge is 2.19. The Morgan fingerprint density at radius 1 is 1.29 bits per heavy atom. The summed E-state index contributed by atoms with van der Waals surface area (Å²) in [6.45, 7) is 0. The van der Waals surface area contributed by atoms with Gasteiger partial charge in [0.15, 0.2) is 23.2 Å². The maximum absolute atomic E-state index is 13.7. The molecule has 6 heteroatoms. The highest BCUT2D eigenvalue weighted by atomic mass is 19.2. The molecule has 1 aromatic heterocycles. The molecule has 1 aromatic carbocycles. The van der Waals surface area contributed by atoms with Gasteiger partial charge in [0.05, 0.1) is 5.69 Å². The van der Waals surface area contributed by atoms with Gasteiger partial charge in [-0.15, -0.1) is 0 Å². The van der Waals surface area contributed by atoms with E-state index in [0.29, 0.717) is 11.3 Å². The average molecular weight is 239 g/mol. The van der Waals surface area contributed by atoms with E-state index in [1.54, 1.807) is 14.1 Å². The van der Waals surface area contributed by atoms with Crippen molar-refractivity contribution in [3.8, 4) is 11.3 Å². The van der Waals surface area contributed by atoms with Gasteiger partial charge < -0.3 is 15.2 Å². The second-order valence-electron chi connectivity index (χ2n) is 3.77. The highest BCUT2D eigenvalue weighted by molar-refractivity contribution is 5.76. The van der Waals surface area contributed by atoms with Crippen LogP contribution in [0.2, 0.25) is 0 Å². The first kappa shape index (κ1) is 11.4. The molecule has 0 saturated heterocycles. The lowest BCUT2D eigenvalue weighted by atomic mass is 10.1. The fourth-order valence-electron chi connectivity index (χ4n) is 1.59. The van der Waals surface area contributed by atoms with Gasteiger partial charge in [-0.3, -0.25) is 0 Å². The van der Waals surface area contributed by atoms with Gasteiger partial charge in [-0.25, -0.2) is 8.78 Å². The van der Waals surface area contributed by atoms with Gasteiger partial charge in [-0.2, -0.15) is 0 Å². The van der Waals surface area contributed by atoms with Crippen molar-refractivity contribution in [2.75, 3.05) is 24.7 Å². The van der Waals surface area contributed by atoms with E-state index >= 15 is 0 Å². The molecule has 2 rings (SSSR count). The van der Waals surface area contributed by atoms with Crippen LogP contribution in [0, 0.1) is 11.6 Å². The number of rotatable bonds is 2. The Morgan fingerprint density at radius 3 is 2.53 bits per heavy atom. The van der Waals surface area contributed by atoms with E-state index in [1.807, 2.05) is 0 Å². The van der Waals surface area contributed by atoms with Crippen LogP contribution in [-0.2, 0) is 0 Å². The predicted octanol–water partition coefficient (Wildman–Crippen LogP) is 2.27. The summed E-state index contributed by atoms with van der Waals surface area (Å²) in [5.74, 6) is -1.35. The van der Waals surface area contributed by atoms with Gasteiger partial charge in [0.25, 0.3) is 0 Å². The summed E-state index contributed by atoms with van der Waals surface area (Å²) in [5.41, 5.74) is 5.92. The molecular weight excluding hydrogens is 228 g/mol. The summed E-state index contributed by atoms with van der Waals surface area (Å²) in [6.07, 6.45) is 0. The molecule has 2 aromatic rings. The minimum Gasteiger partial charge on any atom is -0.381 e. The summed E-state index contributed by atoms with van der Waals surface area (Å²) < 4.78 is 31.8. The molecule has 0 fully saturated rings. The molecular formula is C11H11F2N3O. The predicted molar refractivity (Wildman–Crippen MR) is 60.6 cm³/mol. The molecule has 1 heterocycles. The van der Waals surface area contributed by atoms with Gasteiger partial charge in [0.2, 0.25) is 0 Å². The quantitative estimate of drug-likeness (QED) is 0.873. The maximum Gasteiger partial charge on any atom is 0.182 e. The Balaban J connectivity index is 2.65. The molecule has 0 bridgehead atoms. The van der Waals surface area contributed by atoms with Crippen molar-refractivity contribution in [1.29, 1.82) is 0 Å². The Kier molecular flexibility index (Phi) is 2.71. The molecule has 0 amide bonds. The van der Waals surface area contributed by atoms with Crippen LogP contribution in [-0.4, -0.2) is 19.3 Å². The number of hydrogen-bond acceptors (Lipinski definition) is 4. The Hall–Kier alpha value is -2.11. The minimum absolute atomic E-state index is 0.0983. The number of hydrogen-bond donors (Lipinski definition) is 1. The normalized spacial score (nSPS) is 10.6. The molecule has 0 saturated carbocycles. The van der Waals surface area contributed by atoms with Gasteiger partial charge in [0, 0.05) is 25.7 Å². The first-order valence-electron chi connectivity index (χ1n) is 4.88. The van der Waals surface area contributed by atoms with Crippen molar-refractivity contribution in [3.63, 3.8) is 0 Å². The van der Waals surface area contributed by atoms with Gasteiger partial charge >= 0.3 is 0 Å². The molecule has 0 aliphatic carbocycles. The maximum atomic E-state index is 13.7. The third-order valence-electron chi connectivity index (χ3n) is 2.31. The Bertz CT molecular complexity index is 552. The van der Waals surface area contributed by atoms with E-state index in [-0.39, 0.29) is 11.5 Å². The zero-order valence-corrected chi connectivity index (χ0v) is 9.37. The van der Waals surface area contributed by atoms with Gasteiger partial charge in [0.1, 0.15) is 0 Å². The molecule has 0 aliphatic rings. The molecule has 0 aliphatic heterocycles. The molecule has 17 heavy (non-hydrogen) atoms. The smallest absolute Gasteiger partial charge is 0.182 e. The summed E-state index contributed by atoms with van der Waals surface area (Å²) in [4.78, 5) is 1.46. The second-order valence-corrected chi connectivity index (χ2v) is 3.77. The van der Waals surface area contributed by atoms with Crippen LogP contribution in [0.1, 0.15) is 0 Å². The molecule has 0 atom stereocenters. The molecule has 4 nitrogen and oxygen atoms in total. The van der Waals surface area contributed by atoms with Crippen molar-refractivity contribution in [1.82, 2.24) is 5.16 Å². The van der Waals surface area contributed by atoms with Crippen LogP contribution in [0.15, 0.2) is 22.7 Å². The van der Waals surface area contributed by atoms with Crippen molar-refractivity contribution in [2.45, 2.75) is 0 Å². The summed E-state index contributed by atoms with van der Waals surface area (Å²) in [7, 11) is 3.22. The topological polar surface area (TPSA) is 55.3 Å². The van der Waals surface area contributed by atoms with Crippen molar-refractivity contribution in [3.05, 3.63) is 29.8 Å². The third kappa shape index (κ3) is 1.93. The fourth-order valence-corrected chi connectivity index (χ4v) is 1.59. The van der Waals surface area contributed by atoms with Crippen LogP contribution in [0.4, 0.5) is 20.3 Å². The third-order valence-corrected chi connectivity index (χ3v) is 2.31. The summed E-state index contributed by atoms with van der Waals surface area (Å²) in [5, 5.41) is 3.51. The number of nitrogen functional groups attached to an aromatic ring is 1. The standard InChI is InChI=1S/C11H11F2N3O/c1-16(2)11-6(3-4-7(12)10(11)13)8-5-9(14)15-17-8/h3-5H,1-2H3,(H2,14,15). The van der Waals surface area contributed by atoms with Crippen LogP contribution >= 0.6 is 0 Å². The van der Waals surface area contributed by atoms with Gasteiger partial charge in [-0.1, -0.05) is 5.16 Å². The van der Waals surface area contributed by atoms with Crippen LogP contribution in [0.3, 0.4) is 0 Å². The molecule has 0 spiro atoms. The summed E-state index contributed by atoms with van der Waals surface area (Å²) >= 11 is 0. The molecule has 0 radical (unpaired) electrons. The fraction of sp³-hybridized carbons (Fsp3) is 0.182. The number of anilines is 2. The van der Waals surface area contributed by atoms with E-state index in [2.05, 4.69) is 5.16 Å². The molecule has 90 valence electrons. The van der Waals surface area contributed by atoms with Crippen LogP contribution in [0.5, 0.6) is 0 Å². The first-order valence-corrected chi connectivity index (χ1v) is 4.88. The zero-order valence-electron chi connectivity index (χ0n) is 9.37. The van der Waals surface area contributed by atoms with Crippen LogP contribution < -0.4 is 10.6 Å². The lowest BCUT2D eigenvalue weighted by Crippen LogP contribution is -2.13. The minimum atomic E-state index is -0.928. The van der Waals surface area contributed by atoms with Crippen molar-refractivity contribution in [2.24, 2.45) is 0 Å². The number of nitrogens with zero attached hydrogens (tertiary/aromatic N) is 2. The SMILES string of the molecule is CN(C)c1c(-c2cc(N)no2)ccc(F)c1F. The molecule has 2 N–H and O–H groups in total. The van der Waals surface area contributed by atoms with Crippen molar-refractivity contribution < 1.29 is 13.3 Å². The lowest BCUT2D eigenvalue weighted by molar-refractivity contribution is 0.435. The lowest BCUT2D eigenvalue weighted by Gasteiger charge is -2.17. The van der Waals surface area contributed by atoms with Crippen molar-refractivity contribution >= 4 is 11.5 Å². The monoisotopic (exact) mass is 239 g/mol. The second kappa shape index (κ2) is 4.04. The van der Waals surface area contributed by atoms with E-state index in [9.17, 15) is 8.78 Å². The number of nitrogens with two attached hydrogens (primary N) is 1.